The molecule has 0 aliphatic heterocycles. The van der Waals surface area contributed by atoms with Crippen molar-refractivity contribution in [3.8, 4) is 11.3 Å². The Morgan fingerprint density at radius 1 is 1.14 bits per heavy atom. The van der Waals surface area contributed by atoms with Crippen molar-refractivity contribution < 1.29 is 10.0 Å². The average molecular weight is 280 g/mol. The van der Waals surface area contributed by atoms with Gasteiger partial charge in [-0.3, -0.25) is 4.98 Å². The molecule has 1 aromatic carbocycles. The average Bonchev–Trinajstić information content (AvgIpc) is 2.97. The summed E-state index contributed by atoms with van der Waals surface area (Å²) in [5, 5.41) is 26.6. The van der Waals surface area contributed by atoms with Gasteiger partial charge in [-0.15, -0.1) is 5.10 Å². The van der Waals surface area contributed by atoms with Crippen molar-refractivity contribution in [3.63, 3.8) is 0 Å². The fourth-order valence-electron chi connectivity index (χ4n) is 2.06. The lowest BCUT2D eigenvalue weighted by molar-refractivity contribution is 0.425. The molecule has 7 heteroatoms. The molecule has 3 rings (SSSR count). The SMILES string of the molecule is OB(O)c1cccc(Cn2cc(-c3cccnc3)nn2)c1. The summed E-state index contributed by atoms with van der Waals surface area (Å²) in [7, 11) is -1.47. The molecule has 104 valence electrons. The van der Waals surface area contributed by atoms with Crippen LogP contribution >= 0.6 is 0 Å². The third-order valence-electron chi connectivity index (χ3n) is 3.09. The number of benzene rings is 1. The van der Waals surface area contributed by atoms with Crippen molar-refractivity contribution in [2.75, 3.05) is 0 Å². The third kappa shape index (κ3) is 3.15. The van der Waals surface area contributed by atoms with Crippen LogP contribution in [0.5, 0.6) is 0 Å². The van der Waals surface area contributed by atoms with Gasteiger partial charge >= 0.3 is 7.12 Å². The van der Waals surface area contributed by atoms with Gasteiger partial charge in [0.25, 0.3) is 0 Å². The highest BCUT2D eigenvalue weighted by atomic mass is 16.4. The molecule has 2 heterocycles. The lowest BCUT2D eigenvalue weighted by Crippen LogP contribution is -2.30. The summed E-state index contributed by atoms with van der Waals surface area (Å²) in [4.78, 5) is 4.05. The Morgan fingerprint density at radius 2 is 2.05 bits per heavy atom. The van der Waals surface area contributed by atoms with Crippen LogP contribution in [0, 0.1) is 0 Å². The molecule has 0 atom stereocenters. The molecule has 0 saturated carbocycles. The Hall–Kier alpha value is -2.51. The van der Waals surface area contributed by atoms with E-state index in [0.717, 1.165) is 16.8 Å². The van der Waals surface area contributed by atoms with Gasteiger partial charge in [0.2, 0.25) is 0 Å². The second-order valence-electron chi connectivity index (χ2n) is 4.66. The van der Waals surface area contributed by atoms with Crippen LogP contribution < -0.4 is 5.46 Å². The van der Waals surface area contributed by atoms with Gasteiger partial charge in [0.15, 0.2) is 0 Å². The molecule has 2 aromatic heterocycles. The van der Waals surface area contributed by atoms with E-state index >= 15 is 0 Å². The van der Waals surface area contributed by atoms with Gasteiger partial charge in [0, 0.05) is 18.0 Å². The molecule has 0 fully saturated rings. The van der Waals surface area contributed by atoms with Crippen LogP contribution in [0.4, 0.5) is 0 Å². The van der Waals surface area contributed by atoms with Crippen LogP contribution in [0.2, 0.25) is 0 Å². The van der Waals surface area contributed by atoms with Gasteiger partial charge in [-0.2, -0.15) is 0 Å². The third-order valence-corrected chi connectivity index (χ3v) is 3.09. The van der Waals surface area contributed by atoms with Crippen LogP contribution in [0.1, 0.15) is 5.56 Å². The summed E-state index contributed by atoms with van der Waals surface area (Å²) >= 11 is 0. The molecule has 6 nitrogen and oxygen atoms in total. The maximum atomic E-state index is 9.18. The van der Waals surface area contributed by atoms with Gasteiger partial charge in [0.1, 0.15) is 5.69 Å². The van der Waals surface area contributed by atoms with E-state index in [0.29, 0.717) is 12.0 Å². The minimum absolute atomic E-state index is 0.458. The maximum absolute atomic E-state index is 9.18. The predicted molar refractivity (Wildman–Crippen MR) is 78.6 cm³/mol. The minimum atomic E-state index is -1.47. The first kappa shape index (κ1) is 13.5. The first-order chi connectivity index (χ1) is 10.2. The van der Waals surface area contributed by atoms with Crippen molar-refractivity contribution in [2.24, 2.45) is 0 Å². The second kappa shape index (κ2) is 5.86. The van der Waals surface area contributed by atoms with Crippen LogP contribution in [0.15, 0.2) is 55.0 Å². The number of nitrogens with zero attached hydrogens (tertiary/aromatic N) is 4. The van der Waals surface area contributed by atoms with E-state index < -0.39 is 7.12 Å². The number of rotatable bonds is 4. The summed E-state index contributed by atoms with van der Waals surface area (Å²) in [5.41, 5.74) is 3.04. The second-order valence-corrected chi connectivity index (χ2v) is 4.66. The molecule has 0 aliphatic carbocycles. The van der Waals surface area contributed by atoms with Crippen LogP contribution in [-0.2, 0) is 6.54 Å². The topological polar surface area (TPSA) is 84.1 Å². The Balaban J connectivity index is 1.80. The molecule has 0 spiro atoms. The number of pyridine rings is 1. The van der Waals surface area contributed by atoms with Gasteiger partial charge < -0.3 is 10.0 Å². The molecule has 2 N–H and O–H groups in total. The van der Waals surface area contributed by atoms with E-state index in [1.807, 2.05) is 24.4 Å². The largest absolute Gasteiger partial charge is 0.488 e. The summed E-state index contributed by atoms with van der Waals surface area (Å²) in [5.74, 6) is 0. The summed E-state index contributed by atoms with van der Waals surface area (Å²) in [6, 6.07) is 10.8. The smallest absolute Gasteiger partial charge is 0.423 e. The quantitative estimate of drug-likeness (QED) is 0.661. The Morgan fingerprint density at radius 3 is 2.81 bits per heavy atom. The molecule has 21 heavy (non-hydrogen) atoms. The van der Waals surface area contributed by atoms with E-state index in [2.05, 4.69) is 15.3 Å². The molecule has 0 radical (unpaired) electrons. The molecular weight excluding hydrogens is 267 g/mol. The molecule has 3 aromatic rings. The fourth-order valence-corrected chi connectivity index (χ4v) is 2.06. The highest BCUT2D eigenvalue weighted by Crippen LogP contribution is 2.14. The predicted octanol–water partition coefficient (Wildman–Crippen LogP) is 0.0682. The lowest BCUT2D eigenvalue weighted by Gasteiger charge is -2.04. The van der Waals surface area contributed by atoms with Gasteiger partial charge in [0.05, 0.1) is 12.7 Å². The van der Waals surface area contributed by atoms with Crippen LogP contribution in [0.25, 0.3) is 11.3 Å². The van der Waals surface area contributed by atoms with Crippen molar-refractivity contribution in [1.82, 2.24) is 20.0 Å². The minimum Gasteiger partial charge on any atom is -0.423 e. The zero-order valence-electron chi connectivity index (χ0n) is 11.2. The van der Waals surface area contributed by atoms with Crippen LogP contribution in [-0.4, -0.2) is 37.1 Å². The lowest BCUT2D eigenvalue weighted by atomic mass is 9.80. The summed E-state index contributed by atoms with van der Waals surface area (Å²) in [6.45, 7) is 0.508. The van der Waals surface area contributed by atoms with Crippen molar-refractivity contribution in [3.05, 3.63) is 60.6 Å². The van der Waals surface area contributed by atoms with E-state index in [-0.39, 0.29) is 0 Å². The normalized spacial score (nSPS) is 10.6. The van der Waals surface area contributed by atoms with Gasteiger partial charge in [-0.1, -0.05) is 29.5 Å². The van der Waals surface area contributed by atoms with E-state index in [4.69, 9.17) is 0 Å². The zero-order valence-corrected chi connectivity index (χ0v) is 11.2. The van der Waals surface area contributed by atoms with Crippen LogP contribution in [0.3, 0.4) is 0 Å². The first-order valence-electron chi connectivity index (χ1n) is 6.48. The molecule has 0 saturated heterocycles. The number of aromatic nitrogens is 4. The zero-order chi connectivity index (χ0) is 14.7. The molecule has 0 bridgehead atoms. The number of hydrogen-bond donors (Lipinski definition) is 2. The standard InChI is InChI=1S/C14H13BN4O2/c20-15(21)13-5-1-3-11(7-13)9-19-10-14(17-18-19)12-4-2-6-16-8-12/h1-8,10,20-21H,9H2. The molecule has 0 unspecified atom stereocenters. The Kier molecular flexibility index (Phi) is 3.76. The van der Waals surface area contributed by atoms with E-state index in [1.54, 1.807) is 35.3 Å². The van der Waals surface area contributed by atoms with Crippen molar-refractivity contribution in [2.45, 2.75) is 6.54 Å². The van der Waals surface area contributed by atoms with Crippen molar-refractivity contribution in [1.29, 1.82) is 0 Å². The molecular formula is C14H13BN4O2. The number of hydrogen-bond acceptors (Lipinski definition) is 5. The summed E-state index contributed by atoms with van der Waals surface area (Å²) in [6.07, 6.45) is 5.27. The van der Waals surface area contributed by atoms with E-state index in [9.17, 15) is 10.0 Å². The highest BCUT2D eigenvalue weighted by Gasteiger charge is 2.11. The molecule has 0 amide bonds. The maximum Gasteiger partial charge on any atom is 0.488 e. The Bertz CT molecular complexity index is 731. The molecule has 0 aliphatic rings. The Labute approximate surface area is 121 Å². The fraction of sp³-hybridized carbons (Fsp3) is 0.0714. The van der Waals surface area contributed by atoms with Gasteiger partial charge in [-0.05, 0) is 23.2 Å². The first-order valence-corrected chi connectivity index (χ1v) is 6.48. The summed E-state index contributed by atoms with van der Waals surface area (Å²) < 4.78 is 1.70. The monoisotopic (exact) mass is 280 g/mol. The van der Waals surface area contributed by atoms with Gasteiger partial charge in [-0.25, -0.2) is 4.68 Å². The van der Waals surface area contributed by atoms with Crippen molar-refractivity contribution >= 4 is 12.6 Å². The van der Waals surface area contributed by atoms with E-state index in [1.165, 1.54) is 0 Å². The highest BCUT2D eigenvalue weighted by molar-refractivity contribution is 6.58.